The summed E-state index contributed by atoms with van der Waals surface area (Å²) in [6, 6.07) is 12.9. The molecule has 112 valence electrons. The van der Waals surface area contributed by atoms with Crippen molar-refractivity contribution in [3.8, 4) is 5.75 Å². The van der Waals surface area contributed by atoms with Crippen LogP contribution in [0, 0.1) is 5.82 Å². The highest BCUT2D eigenvalue weighted by Crippen LogP contribution is 2.23. The van der Waals surface area contributed by atoms with Crippen molar-refractivity contribution in [3.05, 3.63) is 64.4 Å². The maximum Gasteiger partial charge on any atom is 0.165 e. The fraction of sp³-hybridized carbons (Fsp3) is 0.294. The number of hydrogen-bond donors (Lipinski definition) is 1. The van der Waals surface area contributed by atoms with Crippen molar-refractivity contribution < 1.29 is 9.13 Å². The van der Waals surface area contributed by atoms with E-state index in [9.17, 15) is 4.39 Å². The first-order valence-electron chi connectivity index (χ1n) is 6.95. The number of nitrogens with one attached hydrogen (secondary N) is 1. The van der Waals surface area contributed by atoms with Crippen LogP contribution < -0.4 is 10.1 Å². The minimum absolute atomic E-state index is 0.125. The Labute approximate surface area is 129 Å². The third kappa shape index (κ3) is 4.19. The third-order valence-corrected chi connectivity index (χ3v) is 3.63. The van der Waals surface area contributed by atoms with E-state index in [0.717, 1.165) is 17.7 Å². The molecule has 0 aliphatic carbocycles. The Bertz CT molecular complexity index is 586. The maximum atomic E-state index is 13.8. The summed E-state index contributed by atoms with van der Waals surface area (Å²) in [5.74, 6) is -0.0633. The molecule has 2 aromatic rings. The molecule has 0 fully saturated rings. The van der Waals surface area contributed by atoms with E-state index in [0.29, 0.717) is 11.4 Å². The molecule has 21 heavy (non-hydrogen) atoms. The Balaban J connectivity index is 2.19. The van der Waals surface area contributed by atoms with Gasteiger partial charge >= 0.3 is 0 Å². The Morgan fingerprint density at radius 3 is 2.48 bits per heavy atom. The minimum Gasteiger partial charge on any atom is -0.494 e. The Kier molecular flexibility index (Phi) is 5.59. The molecule has 1 atom stereocenters. The Morgan fingerprint density at radius 2 is 1.90 bits per heavy atom. The molecular formula is C17H19ClFNO. The fourth-order valence-electron chi connectivity index (χ4n) is 2.32. The second kappa shape index (κ2) is 7.43. The van der Waals surface area contributed by atoms with Crippen LogP contribution >= 0.6 is 11.6 Å². The molecule has 0 radical (unpaired) electrons. The van der Waals surface area contributed by atoms with Crippen molar-refractivity contribution in [3.63, 3.8) is 0 Å². The van der Waals surface area contributed by atoms with E-state index < -0.39 is 0 Å². The predicted molar refractivity (Wildman–Crippen MR) is 84.5 cm³/mol. The minimum atomic E-state index is -0.332. The standard InChI is InChI=1S/C17H19ClFNO/c1-3-20-16(13-5-7-14(18)8-6-13)11-12-4-9-17(21-2)15(19)10-12/h4-10,16,20H,3,11H2,1-2H3. The summed E-state index contributed by atoms with van der Waals surface area (Å²) in [7, 11) is 1.47. The van der Waals surface area contributed by atoms with E-state index in [1.807, 2.05) is 30.3 Å². The first kappa shape index (κ1) is 15.8. The van der Waals surface area contributed by atoms with Gasteiger partial charge in [-0.1, -0.05) is 36.7 Å². The molecule has 2 rings (SSSR count). The summed E-state index contributed by atoms with van der Waals surface area (Å²) in [4.78, 5) is 0. The number of rotatable bonds is 6. The van der Waals surface area contributed by atoms with Crippen LogP contribution in [0.4, 0.5) is 4.39 Å². The molecule has 2 aromatic carbocycles. The van der Waals surface area contributed by atoms with Gasteiger partial charge in [-0.05, 0) is 48.4 Å². The second-order valence-corrected chi connectivity index (χ2v) is 5.27. The fourth-order valence-corrected chi connectivity index (χ4v) is 2.45. The van der Waals surface area contributed by atoms with Gasteiger partial charge in [0.25, 0.3) is 0 Å². The number of halogens is 2. The van der Waals surface area contributed by atoms with Crippen molar-refractivity contribution in [2.75, 3.05) is 13.7 Å². The zero-order valence-corrected chi connectivity index (χ0v) is 13.0. The number of hydrogen-bond acceptors (Lipinski definition) is 2. The van der Waals surface area contributed by atoms with Crippen LogP contribution in [-0.2, 0) is 6.42 Å². The van der Waals surface area contributed by atoms with Gasteiger partial charge in [0.15, 0.2) is 11.6 Å². The predicted octanol–water partition coefficient (Wildman–Crippen LogP) is 4.38. The molecule has 1 N–H and O–H groups in total. The first-order chi connectivity index (χ1) is 10.1. The summed E-state index contributed by atoms with van der Waals surface area (Å²) in [5.41, 5.74) is 2.06. The monoisotopic (exact) mass is 307 g/mol. The van der Waals surface area contributed by atoms with Crippen molar-refractivity contribution >= 4 is 11.6 Å². The normalized spacial score (nSPS) is 12.2. The van der Waals surface area contributed by atoms with Crippen LogP contribution in [0.5, 0.6) is 5.75 Å². The van der Waals surface area contributed by atoms with Crippen LogP contribution in [0.25, 0.3) is 0 Å². The van der Waals surface area contributed by atoms with E-state index in [1.165, 1.54) is 13.2 Å². The molecule has 0 aliphatic rings. The van der Waals surface area contributed by atoms with E-state index in [-0.39, 0.29) is 17.6 Å². The molecule has 0 aromatic heterocycles. The van der Waals surface area contributed by atoms with E-state index in [1.54, 1.807) is 6.07 Å². The van der Waals surface area contributed by atoms with Gasteiger partial charge in [0.2, 0.25) is 0 Å². The van der Waals surface area contributed by atoms with Gasteiger partial charge in [-0.2, -0.15) is 0 Å². The lowest BCUT2D eigenvalue weighted by atomic mass is 9.98. The van der Waals surface area contributed by atoms with Gasteiger partial charge in [-0.3, -0.25) is 0 Å². The van der Waals surface area contributed by atoms with Gasteiger partial charge in [-0.15, -0.1) is 0 Å². The molecule has 0 aliphatic heterocycles. The Morgan fingerprint density at radius 1 is 1.19 bits per heavy atom. The van der Waals surface area contributed by atoms with Crippen LogP contribution in [0.15, 0.2) is 42.5 Å². The average molecular weight is 308 g/mol. The Hall–Kier alpha value is -1.58. The SMILES string of the molecule is CCNC(Cc1ccc(OC)c(F)c1)c1ccc(Cl)cc1. The zero-order chi connectivity index (χ0) is 15.2. The van der Waals surface area contributed by atoms with Crippen molar-refractivity contribution in [1.82, 2.24) is 5.32 Å². The number of likely N-dealkylation sites (N-methyl/N-ethyl adjacent to an activating group) is 1. The number of ether oxygens (including phenoxy) is 1. The van der Waals surface area contributed by atoms with Crippen LogP contribution in [0.3, 0.4) is 0 Å². The largest absolute Gasteiger partial charge is 0.494 e. The van der Waals surface area contributed by atoms with Gasteiger partial charge in [-0.25, -0.2) is 4.39 Å². The van der Waals surface area contributed by atoms with Gasteiger partial charge < -0.3 is 10.1 Å². The lowest BCUT2D eigenvalue weighted by Gasteiger charge is -2.19. The number of benzene rings is 2. The van der Waals surface area contributed by atoms with E-state index >= 15 is 0 Å². The highest BCUT2D eigenvalue weighted by Gasteiger charge is 2.12. The number of methoxy groups -OCH3 is 1. The summed E-state index contributed by atoms with van der Waals surface area (Å²) in [5, 5.41) is 4.13. The molecule has 4 heteroatoms. The van der Waals surface area contributed by atoms with Gasteiger partial charge in [0.1, 0.15) is 0 Å². The topological polar surface area (TPSA) is 21.3 Å². The molecule has 0 saturated carbocycles. The third-order valence-electron chi connectivity index (χ3n) is 3.38. The smallest absolute Gasteiger partial charge is 0.165 e. The second-order valence-electron chi connectivity index (χ2n) is 4.83. The van der Waals surface area contributed by atoms with Crippen LogP contribution in [0.1, 0.15) is 24.1 Å². The highest BCUT2D eigenvalue weighted by atomic mass is 35.5. The van der Waals surface area contributed by atoms with Crippen LogP contribution in [0.2, 0.25) is 5.02 Å². The quantitative estimate of drug-likeness (QED) is 0.855. The zero-order valence-electron chi connectivity index (χ0n) is 12.2. The molecule has 2 nitrogen and oxygen atoms in total. The molecule has 0 saturated heterocycles. The lowest BCUT2D eigenvalue weighted by Crippen LogP contribution is -2.23. The van der Waals surface area contributed by atoms with Gasteiger partial charge in [0.05, 0.1) is 7.11 Å². The molecule has 0 bridgehead atoms. The van der Waals surface area contributed by atoms with E-state index in [2.05, 4.69) is 12.2 Å². The summed E-state index contributed by atoms with van der Waals surface area (Å²) in [6.07, 6.45) is 0.705. The van der Waals surface area contributed by atoms with Crippen LogP contribution in [-0.4, -0.2) is 13.7 Å². The summed E-state index contributed by atoms with van der Waals surface area (Å²) < 4.78 is 18.7. The van der Waals surface area contributed by atoms with Crippen molar-refractivity contribution in [1.29, 1.82) is 0 Å². The average Bonchev–Trinajstić information content (AvgIpc) is 2.48. The van der Waals surface area contributed by atoms with E-state index in [4.69, 9.17) is 16.3 Å². The molecule has 0 spiro atoms. The lowest BCUT2D eigenvalue weighted by molar-refractivity contribution is 0.386. The highest BCUT2D eigenvalue weighted by molar-refractivity contribution is 6.30. The van der Waals surface area contributed by atoms with Crippen molar-refractivity contribution in [2.45, 2.75) is 19.4 Å². The summed E-state index contributed by atoms with van der Waals surface area (Å²) in [6.45, 7) is 2.89. The first-order valence-corrected chi connectivity index (χ1v) is 7.33. The maximum absolute atomic E-state index is 13.8. The molecule has 0 heterocycles. The molecule has 0 amide bonds. The molecular weight excluding hydrogens is 289 g/mol. The molecule has 1 unspecified atom stereocenters. The van der Waals surface area contributed by atoms with Gasteiger partial charge in [0, 0.05) is 11.1 Å². The van der Waals surface area contributed by atoms with Crippen molar-refractivity contribution in [2.24, 2.45) is 0 Å². The summed E-state index contributed by atoms with van der Waals surface area (Å²) >= 11 is 5.92.